The van der Waals surface area contributed by atoms with Crippen molar-refractivity contribution in [3.63, 3.8) is 0 Å². The number of hydrogen-bond donors (Lipinski definition) is 2. The number of benzene rings is 1. The van der Waals surface area contributed by atoms with Crippen LogP contribution in [0.3, 0.4) is 0 Å². The van der Waals surface area contributed by atoms with Gasteiger partial charge in [0.2, 0.25) is 5.91 Å². The van der Waals surface area contributed by atoms with Crippen LogP contribution in [-0.4, -0.2) is 36.4 Å². The van der Waals surface area contributed by atoms with Crippen LogP contribution in [0.1, 0.15) is 32.3 Å². The second kappa shape index (κ2) is 6.93. The molecule has 0 saturated carbocycles. The number of hydrogen-bond acceptors (Lipinski definition) is 3. The highest BCUT2D eigenvalue weighted by Gasteiger charge is 2.44. The Balaban J connectivity index is 1.92. The van der Waals surface area contributed by atoms with E-state index in [4.69, 9.17) is 4.74 Å². The van der Waals surface area contributed by atoms with E-state index in [1.54, 1.807) is 0 Å². The summed E-state index contributed by atoms with van der Waals surface area (Å²) in [6.45, 7) is 5.03. The third kappa shape index (κ3) is 4.26. The van der Waals surface area contributed by atoms with Gasteiger partial charge >= 0.3 is 0 Å². The molecule has 6 heteroatoms. The Hall–Kier alpha value is -1.53. The molecule has 1 aliphatic rings. The van der Waals surface area contributed by atoms with Crippen molar-refractivity contribution in [1.29, 1.82) is 0 Å². The molecule has 1 saturated heterocycles. The molecule has 0 radical (unpaired) electrons. The molecular formula is C17H23F2NO3. The molecule has 0 atom stereocenters. The van der Waals surface area contributed by atoms with Crippen molar-refractivity contribution in [1.82, 2.24) is 5.32 Å². The summed E-state index contributed by atoms with van der Waals surface area (Å²) in [5, 5.41) is 13.5. The summed E-state index contributed by atoms with van der Waals surface area (Å²) in [4.78, 5) is 12.0. The maximum atomic E-state index is 13.6. The number of nitrogens with one attached hydrogen (secondary N) is 1. The van der Waals surface area contributed by atoms with Crippen molar-refractivity contribution in [3.05, 3.63) is 35.4 Å². The first-order valence-corrected chi connectivity index (χ1v) is 7.74. The van der Waals surface area contributed by atoms with Gasteiger partial charge in [-0.25, -0.2) is 8.78 Å². The largest absolute Gasteiger partial charge is 0.389 e. The highest BCUT2D eigenvalue weighted by atomic mass is 19.1. The van der Waals surface area contributed by atoms with Crippen molar-refractivity contribution >= 4 is 5.91 Å². The van der Waals surface area contributed by atoms with Gasteiger partial charge in [0.1, 0.15) is 11.6 Å². The van der Waals surface area contributed by atoms with Crippen molar-refractivity contribution in [2.75, 3.05) is 19.8 Å². The monoisotopic (exact) mass is 327 g/mol. The summed E-state index contributed by atoms with van der Waals surface area (Å²) in [6.07, 6.45) is 0.870. The van der Waals surface area contributed by atoms with Crippen LogP contribution in [-0.2, 0) is 16.0 Å². The van der Waals surface area contributed by atoms with Crippen LogP contribution in [0, 0.1) is 17.0 Å². The average molecular weight is 327 g/mol. The SMILES string of the molecule is CC(C)(CNC(=O)Cc1ccc(F)cc1F)C1(O)CCOCC1. The fourth-order valence-electron chi connectivity index (χ4n) is 2.77. The molecule has 1 aliphatic heterocycles. The van der Waals surface area contributed by atoms with E-state index in [9.17, 15) is 18.7 Å². The van der Waals surface area contributed by atoms with Gasteiger partial charge in [-0.2, -0.15) is 0 Å². The topological polar surface area (TPSA) is 58.6 Å². The number of rotatable bonds is 5. The second-order valence-corrected chi connectivity index (χ2v) is 6.72. The highest BCUT2D eigenvalue weighted by Crippen LogP contribution is 2.38. The van der Waals surface area contributed by atoms with E-state index in [0.29, 0.717) is 26.1 Å². The molecule has 1 fully saturated rings. The van der Waals surface area contributed by atoms with Crippen LogP contribution in [0.2, 0.25) is 0 Å². The molecule has 0 bridgehead atoms. The summed E-state index contributed by atoms with van der Waals surface area (Å²) in [5.41, 5.74) is -1.29. The third-order valence-electron chi connectivity index (χ3n) is 4.67. The highest BCUT2D eigenvalue weighted by molar-refractivity contribution is 5.78. The van der Waals surface area contributed by atoms with Crippen LogP contribution in [0.25, 0.3) is 0 Å². The van der Waals surface area contributed by atoms with Crippen LogP contribution in [0.5, 0.6) is 0 Å². The summed E-state index contributed by atoms with van der Waals surface area (Å²) in [6, 6.07) is 3.15. The van der Waals surface area contributed by atoms with Crippen molar-refractivity contribution < 1.29 is 23.4 Å². The van der Waals surface area contributed by atoms with Gasteiger partial charge < -0.3 is 15.2 Å². The molecule has 4 nitrogen and oxygen atoms in total. The Morgan fingerprint density at radius 2 is 2.00 bits per heavy atom. The fourth-order valence-corrected chi connectivity index (χ4v) is 2.77. The van der Waals surface area contributed by atoms with Crippen molar-refractivity contribution in [2.24, 2.45) is 5.41 Å². The lowest BCUT2D eigenvalue weighted by Gasteiger charge is -2.45. The lowest BCUT2D eigenvalue weighted by atomic mass is 9.70. The maximum absolute atomic E-state index is 13.6. The maximum Gasteiger partial charge on any atom is 0.224 e. The van der Waals surface area contributed by atoms with E-state index in [2.05, 4.69) is 5.32 Å². The molecule has 0 unspecified atom stereocenters. The first-order chi connectivity index (χ1) is 10.7. The molecule has 1 heterocycles. The van der Waals surface area contributed by atoms with E-state index in [-0.39, 0.29) is 24.4 Å². The summed E-state index contributed by atoms with van der Waals surface area (Å²) >= 11 is 0. The number of carbonyl (C=O) groups excluding carboxylic acids is 1. The molecule has 2 rings (SSSR count). The third-order valence-corrected chi connectivity index (χ3v) is 4.67. The van der Waals surface area contributed by atoms with Gasteiger partial charge in [0.25, 0.3) is 0 Å². The second-order valence-electron chi connectivity index (χ2n) is 6.72. The molecule has 1 aromatic carbocycles. The average Bonchev–Trinajstić information content (AvgIpc) is 2.49. The molecule has 2 N–H and O–H groups in total. The normalized spacial score (nSPS) is 17.8. The predicted octanol–water partition coefficient (Wildman–Crippen LogP) is 2.19. The quantitative estimate of drug-likeness (QED) is 0.872. The number of halogens is 2. The Kier molecular flexibility index (Phi) is 5.37. The first kappa shape index (κ1) is 17.8. The van der Waals surface area contributed by atoms with Crippen LogP contribution in [0.15, 0.2) is 18.2 Å². The molecule has 1 aromatic rings. The molecule has 23 heavy (non-hydrogen) atoms. The molecule has 0 aromatic heterocycles. The summed E-state index contributed by atoms with van der Waals surface area (Å²) in [7, 11) is 0. The van der Waals surface area contributed by atoms with E-state index in [1.165, 1.54) is 6.07 Å². The van der Waals surface area contributed by atoms with Crippen molar-refractivity contribution in [3.8, 4) is 0 Å². The van der Waals surface area contributed by atoms with Crippen LogP contribution in [0.4, 0.5) is 8.78 Å². The molecule has 0 aliphatic carbocycles. The molecule has 0 spiro atoms. The summed E-state index contributed by atoms with van der Waals surface area (Å²) in [5.74, 6) is -1.77. The summed E-state index contributed by atoms with van der Waals surface area (Å²) < 4.78 is 31.7. The standard InChI is InChI=1S/C17H23F2NO3/c1-16(2,17(22)5-7-23-8-6-17)11-20-15(21)9-12-3-4-13(18)10-14(12)19/h3-4,10,22H,5-9,11H2,1-2H3,(H,20,21). The zero-order chi connectivity index (χ0) is 17.1. The van der Waals surface area contributed by atoms with Crippen LogP contribution >= 0.6 is 0 Å². The number of amides is 1. The van der Waals surface area contributed by atoms with Crippen LogP contribution < -0.4 is 5.32 Å². The van der Waals surface area contributed by atoms with Gasteiger partial charge in [0.05, 0.1) is 12.0 Å². The minimum atomic E-state index is -0.903. The van der Waals surface area contributed by atoms with Gasteiger partial charge in [-0.15, -0.1) is 0 Å². The number of aliphatic hydroxyl groups is 1. The minimum absolute atomic E-state index is 0.145. The lowest BCUT2D eigenvalue weighted by molar-refractivity contribution is -0.136. The fraction of sp³-hybridized carbons (Fsp3) is 0.588. The Bertz CT molecular complexity index is 569. The molecule has 128 valence electrons. The van der Waals surface area contributed by atoms with Gasteiger partial charge in [0, 0.05) is 44.1 Å². The number of carbonyl (C=O) groups is 1. The Morgan fingerprint density at radius 1 is 1.35 bits per heavy atom. The van der Waals surface area contributed by atoms with Gasteiger partial charge in [-0.3, -0.25) is 4.79 Å². The van der Waals surface area contributed by atoms with E-state index in [0.717, 1.165) is 12.1 Å². The van der Waals surface area contributed by atoms with Gasteiger partial charge in [0.15, 0.2) is 0 Å². The first-order valence-electron chi connectivity index (χ1n) is 7.74. The lowest BCUT2D eigenvalue weighted by Crippen LogP contribution is -2.53. The van der Waals surface area contributed by atoms with E-state index >= 15 is 0 Å². The molecule has 1 amide bonds. The Labute approximate surface area is 134 Å². The zero-order valence-electron chi connectivity index (χ0n) is 13.5. The van der Waals surface area contributed by atoms with E-state index in [1.807, 2.05) is 13.8 Å². The minimum Gasteiger partial charge on any atom is -0.389 e. The van der Waals surface area contributed by atoms with Gasteiger partial charge in [-0.05, 0) is 11.6 Å². The Morgan fingerprint density at radius 3 is 2.61 bits per heavy atom. The smallest absolute Gasteiger partial charge is 0.224 e. The van der Waals surface area contributed by atoms with E-state index < -0.39 is 22.7 Å². The predicted molar refractivity (Wildman–Crippen MR) is 81.9 cm³/mol. The number of ether oxygens (including phenoxy) is 1. The van der Waals surface area contributed by atoms with Gasteiger partial charge in [-0.1, -0.05) is 19.9 Å². The van der Waals surface area contributed by atoms with Crippen molar-refractivity contribution in [2.45, 2.75) is 38.7 Å². The molecular weight excluding hydrogens is 304 g/mol. The zero-order valence-corrected chi connectivity index (χ0v) is 13.5.